The lowest BCUT2D eigenvalue weighted by atomic mass is 9.98. The van der Waals surface area contributed by atoms with Gasteiger partial charge in [-0.3, -0.25) is 14.5 Å². The summed E-state index contributed by atoms with van der Waals surface area (Å²) in [5.41, 5.74) is 1.90. The number of hydrogen-bond donors (Lipinski definition) is 1. The Morgan fingerprint density at radius 1 is 1.07 bits per heavy atom. The molecule has 5 nitrogen and oxygen atoms in total. The lowest BCUT2D eigenvalue weighted by molar-refractivity contribution is -0.132. The number of amides is 1. The Bertz CT molecular complexity index is 1150. The first-order valence-electron chi connectivity index (χ1n) is 9.06. The van der Waals surface area contributed by atoms with Crippen LogP contribution in [-0.2, 0) is 9.59 Å². The third-order valence-electron chi connectivity index (χ3n) is 4.97. The topological polar surface area (TPSA) is 70.8 Å². The van der Waals surface area contributed by atoms with Gasteiger partial charge in [0.1, 0.15) is 23.4 Å². The molecule has 2 heterocycles. The number of aliphatic hydroxyl groups is 1. The predicted octanol–water partition coefficient (Wildman–Crippen LogP) is 4.66. The summed E-state index contributed by atoms with van der Waals surface area (Å²) >= 11 is 0. The number of aliphatic hydroxyl groups excluding tert-OH is 1. The van der Waals surface area contributed by atoms with Gasteiger partial charge >= 0.3 is 0 Å². The lowest BCUT2D eigenvalue weighted by Crippen LogP contribution is -2.29. The van der Waals surface area contributed by atoms with E-state index in [1.807, 2.05) is 13.0 Å². The molecule has 3 aromatic rings. The number of Topliss-reactive ketones (excluding diaryl/α,β-unsaturated/α-hetero) is 1. The Balaban J connectivity index is 1.94. The van der Waals surface area contributed by atoms with E-state index in [0.29, 0.717) is 17.0 Å². The molecule has 1 N–H and O–H groups in total. The van der Waals surface area contributed by atoms with Crippen LogP contribution in [0.2, 0.25) is 0 Å². The maximum atomic E-state index is 13.7. The molecule has 146 valence electrons. The van der Waals surface area contributed by atoms with E-state index in [-0.39, 0.29) is 16.9 Å². The molecule has 1 aromatic heterocycles. The van der Waals surface area contributed by atoms with Gasteiger partial charge in [0.15, 0.2) is 0 Å². The van der Waals surface area contributed by atoms with Gasteiger partial charge in [-0.15, -0.1) is 0 Å². The zero-order valence-corrected chi connectivity index (χ0v) is 15.8. The van der Waals surface area contributed by atoms with Gasteiger partial charge in [-0.2, -0.15) is 0 Å². The second-order valence-electron chi connectivity index (χ2n) is 6.99. The predicted molar refractivity (Wildman–Crippen MR) is 106 cm³/mol. The number of carbonyl (C=O) groups excluding carboxylic acids is 2. The Morgan fingerprint density at radius 3 is 2.52 bits per heavy atom. The molecule has 0 aliphatic carbocycles. The summed E-state index contributed by atoms with van der Waals surface area (Å²) in [7, 11) is 0. The van der Waals surface area contributed by atoms with Gasteiger partial charge < -0.3 is 9.52 Å². The summed E-state index contributed by atoms with van der Waals surface area (Å²) in [6.45, 7) is 3.44. The number of benzene rings is 2. The summed E-state index contributed by atoms with van der Waals surface area (Å²) in [6, 6.07) is 13.5. The average Bonchev–Trinajstić information content (AvgIpc) is 3.31. The summed E-state index contributed by atoms with van der Waals surface area (Å²) < 4.78 is 19.2. The number of rotatable bonds is 3. The number of hydrogen-bond acceptors (Lipinski definition) is 4. The van der Waals surface area contributed by atoms with Crippen molar-refractivity contribution in [2.24, 2.45) is 0 Å². The van der Waals surface area contributed by atoms with Crippen molar-refractivity contribution in [1.82, 2.24) is 0 Å². The highest BCUT2D eigenvalue weighted by atomic mass is 19.1. The van der Waals surface area contributed by atoms with Gasteiger partial charge in [0.25, 0.3) is 11.7 Å². The van der Waals surface area contributed by atoms with Crippen LogP contribution in [0.4, 0.5) is 10.1 Å². The van der Waals surface area contributed by atoms with Crippen molar-refractivity contribution < 1.29 is 23.5 Å². The average molecular weight is 391 g/mol. The minimum atomic E-state index is -0.933. The molecular weight excluding hydrogens is 373 g/mol. The summed E-state index contributed by atoms with van der Waals surface area (Å²) in [5.74, 6) is -2.05. The van der Waals surface area contributed by atoms with Crippen LogP contribution in [0, 0.1) is 19.7 Å². The Kier molecular flexibility index (Phi) is 4.54. The summed E-state index contributed by atoms with van der Waals surface area (Å²) in [4.78, 5) is 27.2. The molecule has 1 unspecified atom stereocenters. The molecule has 1 aliphatic heterocycles. The van der Waals surface area contributed by atoms with Crippen LogP contribution in [0.15, 0.2) is 70.9 Å². The normalized spacial score (nSPS) is 18.4. The number of aryl methyl sites for hydroxylation is 2. The largest absolute Gasteiger partial charge is 0.507 e. The lowest BCUT2D eigenvalue weighted by Gasteiger charge is -2.23. The third-order valence-corrected chi connectivity index (χ3v) is 4.97. The molecule has 1 saturated heterocycles. The van der Waals surface area contributed by atoms with Crippen molar-refractivity contribution in [3.63, 3.8) is 0 Å². The second-order valence-corrected chi connectivity index (χ2v) is 6.99. The minimum absolute atomic E-state index is 0.0996. The van der Waals surface area contributed by atoms with Crippen molar-refractivity contribution >= 4 is 23.1 Å². The van der Waals surface area contributed by atoms with Crippen molar-refractivity contribution in [2.45, 2.75) is 19.9 Å². The van der Waals surface area contributed by atoms with E-state index in [0.717, 1.165) is 5.56 Å². The SMILES string of the molecule is Cc1cccc(N2C(=O)C(=O)/C(=C(\O)c3ccc(F)c(C)c3)C2c2ccco2)c1. The van der Waals surface area contributed by atoms with Crippen molar-refractivity contribution in [1.29, 1.82) is 0 Å². The van der Waals surface area contributed by atoms with E-state index in [2.05, 4.69) is 0 Å². The van der Waals surface area contributed by atoms with E-state index in [4.69, 9.17) is 4.42 Å². The van der Waals surface area contributed by atoms with Crippen LogP contribution >= 0.6 is 0 Å². The highest BCUT2D eigenvalue weighted by Gasteiger charge is 2.48. The van der Waals surface area contributed by atoms with E-state index in [1.165, 1.54) is 29.4 Å². The quantitative estimate of drug-likeness (QED) is 0.400. The highest BCUT2D eigenvalue weighted by molar-refractivity contribution is 6.51. The first kappa shape index (κ1) is 18.7. The maximum Gasteiger partial charge on any atom is 0.300 e. The Labute approximate surface area is 166 Å². The first-order chi connectivity index (χ1) is 13.9. The molecule has 29 heavy (non-hydrogen) atoms. The van der Waals surface area contributed by atoms with Gasteiger partial charge in [0.05, 0.1) is 11.8 Å². The molecule has 0 bridgehead atoms. The molecule has 1 aliphatic rings. The van der Waals surface area contributed by atoms with Crippen LogP contribution < -0.4 is 4.90 Å². The summed E-state index contributed by atoms with van der Waals surface area (Å²) in [5, 5.41) is 10.9. The maximum absolute atomic E-state index is 13.7. The molecule has 0 saturated carbocycles. The van der Waals surface area contributed by atoms with Gasteiger partial charge in [0, 0.05) is 11.3 Å². The first-order valence-corrected chi connectivity index (χ1v) is 9.06. The molecular formula is C23H18FNO4. The smallest absolute Gasteiger partial charge is 0.300 e. The fourth-order valence-corrected chi connectivity index (χ4v) is 3.54. The molecule has 1 fully saturated rings. The molecule has 1 amide bonds. The Morgan fingerprint density at radius 2 is 1.86 bits per heavy atom. The molecule has 0 spiro atoms. The van der Waals surface area contributed by atoms with Crippen molar-refractivity contribution in [2.75, 3.05) is 4.90 Å². The number of halogens is 1. The fourth-order valence-electron chi connectivity index (χ4n) is 3.54. The zero-order chi connectivity index (χ0) is 20.7. The minimum Gasteiger partial charge on any atom is -0.507 e. The van der Waals surface area contributed by atoms with Crippen LogP contribution in [0.3, 0.4) is 0 Å². The molecule has 1 atom stereocenters. The van der Waals surface area contributed by atoms with Crippen molar-refractivity contribution in [3.8, 4) is 0 Å². The van der Waals surface area contributed by atoms with E-state index in [9.17, 15) is 19.1 Å². The Hall–Kier alpha value is -3.67. The van der Waals surface area contributed by atoms with E-state index in [1.54, 1.807) is 37.3 Å². The van der Waals surface area contributed by atoms with Crippen LogP contribution in [-0.4, -0.2) is 16.8 Å². The monoisotopic (exact) mass is 391 g/mol. The number of carbonyl (C=O) groups is 2. The van der Waals surface area contributed by atoms with Gasteiger partial charge in [-0.25, -0.2) is 4.39 Å². The second kappa shape index (κ2) is 7.05. The van der Waals surface area contributed by atoms with Crippen LogP contribution in [0.1, 0.15) is 28.5 Å². The van der Waals surface area contributed by atoms with E-state index < -0.39 is 23.5 Å². The third kappa shape index (κ3) is 3.12. The number of furan rings is 1. The highest BCUT2D eigenvalue weighted by Crippen LogP contribution is 2.42. The molecule has 0 radical (unpaired) electrons. The standard InChI is InChI=1S/C23H18FNO4/c1-13-5-3-6-16(11-13)25-20(18-7-4-10-29-18)19(22(27)23(25)28)21(26)15-8-9-17(24)14(2)12-15/h3-12,20,26H,1-2H3/b21-19-. The van der Waals surface area contributed by atoms with E-state index >= 15 is 0 Å². The molecule has 2 aromatic carbocycles. The summed E-state index contributed by atoms with van der Waals surface area (Å²) in [6.07, 6.45) is 1.44. The molecule has 6 heteroatoms. The zero-order valence-electron chi connectivity index (χ0n) is 15.8. The fraction of sp³-hybridized carbons (Fsp3) is 0.130. The van der Waals surface area contributed by atoms with Crippen molar-refractivity contribution in [3.05, 3.63) is 94.7 Å². The number of ketones is 1. The van der Waals surface area contributed by atoms with Gasteiger partial charge in [0.2, 0.25) is 0 Å². The van der Waals surface area contributed by atoms with Crippen LogP contribution in [0.5, 0.6) is 0 Å². The van der Waals surface area contributed by atoms with Crippen LogP contribution in [0.25, 0.3) is 5.76 Å². The number of anilines is 1. The van der Waals surface area contributed by atoms with Gasteiger partial charge in [-0.05, 0) is 67.4 Å². The number of nitrogens with zero attached hydrogens (tertiary/aromatic N) is 1. The molecule has 4 rings (SSSR count). The van der Waals surface area contributed by atoms with Gasteiger partial charge in [-0.1, -0.05) is 12.1 Å².